The molecule has 1 aliphatic rings. The van der Waals surface area contributed by atoms with Crippen molar-refractivity contribution < 1.29 is 9.90 Å². The summed E-state index contributed by atoms with van der Waals surface area (Å²) in [4.78, 5) is 15.5. The first-order valence-corrected chi connectivity index (χ1v) is 10.1. The Bertz CT molecular complexity index is 928. The number of nitrogens with zero attached hydrogens (tertiary/aromatic N) is 2. The number of aromatic carboxylic acids is 1. The number of hydrazone groups is 1. The molecule has 0 saturated carbocycles. The second kappa shape index (κ2) is 9.12. The molecule has 1 heterocycles. The molecule has 2 aromatic carbocycles. The predicted octanol–water partition coefficient (Wildman–Crippen LogP) is 3.83. The Hall–Kier alpha value is -2.51. The lowest BCUT2D eigenvalue weighted by Gasteiger charge is -2.10. The van der Waals surface area contributed by atoms with E-state index in [9.17, 15) is 9.90 Å². The van der Waals surface area contributed by atoms with E-state index in [-0.39, 0.29) is 5.56 Å². The van der Waals surface area contributed by atoms with E-state index in [0.29, 0.717) is 16.0 Å². The van der Waals surface area contributed by atoms with Gasteiger partial charge in [0.15, 0.2) is 5.17 Å². The first kappa shape index (κ1) is 20.2. The zero-order valence-corrected chi connectivity index (χ0v) is 17.1. The maximum absolute atomic E-state index is 11.0. The summed E-state index contributed by atoms with van der Waals surface area (Å²) in [6.07, 6.45) is 1.11. The van der Waals surface area contributed by atoms with Crippen LogP contribution in [0.4, 0.5) is 11.4 Å². The van der Waals surface area contributed by atoms with E-state index in [2.05, 4.69) is 27.8 Å². The molecule has 146 valence electrons. The van der Waals surface area contributed by atoms with E-state index in [1.165, 1.54) is 18.2 Å². The number of carbonyl (C=O) groups excluding carboxylic acids is 1. The molecule has 6 nitrogen and oxygen atoms in total. The first-order chi connectivity index (χ1) is 13.5. The molecule has 0 fully saturated rings. The molecule has 0 radical (unpaired) electrons. The van der Waals surface area contributed by atoms with Crippen molar-refractivity contribution >= 4 is 51.6 Å². The van der Waals surface area contributed by atoms with Gasteiger partial charge in [0.2, 0.25) is 0 Å². The van der Waals surface area contributed by atoms with Gasteiger partial charge in [-0.25, -0.2) is 0 Å². The number of benzene rings is 2. The van der Waals surface area contributed by atoms with Crippen LogP contribution in [0.15, 0.2) is 52.6 Å². The molecule has 0 spiro atoms. The van der Waals surface area contributed by atoms with Gasteiger partial charge in [0.1, 0.15) is 0 Å². The van der Waals surface area contributed by atoms with Crippen LogP contribution in [0.3, 0.4) is 0 Å². The van der Waals surface area contributed by atoms with Gasteiger partial charge in [0.25, 0.3) is 0 Å². The number of rotatable bonds is 6. The van der Waals surface area contributed by atoms with E-state index in [0.717, 1.165) is 35.1 Å². The number of aliphatic imine (C=N–C) groups is 1. The zero-order chi connectivity index (χ0) is 20.1. The Morgan fingerprint density at radius 3 is 2.64 bits per heavy atom. The monoisotopic (exact) mass is 415 g/mol. The lowest BCUT2D eigenvalue weighted by Crippen LogP contribution is -2.22. The zero-order valence-electron chi connectivity index (χ0n) is 15.5. The first-order valence-electron chi connectivity index (χ1n) is 8.86. The fourth-order valence-electron chi connectivity index (χ4n) is 2.56. The molecule has 0 saturated heterocycles. The van der Waals surface area contributed by atoms with Crippen LogP contribution in [0, 0.1) is 0 Å². The number of anilines is 2. The molecule has 1 atom stereocenters. The molecule has 0 amide bonds. The highest BCUT2D eigenvalue weighted by molar-refractivity contribution is 8.15. The van der Waals surface area contributed by atoms with Crippen molar-refractivity contribution in [1.29, 1.82) is 0 Å². The van der Waals surface area contributed by atoms with Crippen LogP contribution >= 0.6 is 23.4 Å². The van der Waals surface area contributed by atoms with Crippen LogP contribution in [0.5, 0.6) is 0 Å². The average molecular weight is 416 g/mol. The van der Waals surface area contributed by atoms with Crippen molar-refractivity contribution in [2.75, 3.05) is 17.3 Å². The Labute approximate surface area is 173 Å². The van der Waals surface area contributed by atoms with Crippen molar-refractivity contribution in [2.24, 2.45) is 10.1 Å². The maximum atomic E-state index is 11.0. The number of carboxylic acids is 1. The number of amidine groups is 1. The molecule has 0 aliphatic carbocycles. The fourth-order valence-corrected chi connectivity index (χ4v) is 3.68. The van der Waals surface area contributed by atoms with Gasteiger partial charge in [-0.15, -0.1) is 0 Å². The molecule has 0 unspecified atom stereocenters. The van der Waals surface area contributed by atoms with Crippen LogP contribution in [0.25, 0.3) is 0 Å². The van der Waals surface area contributed by atoms with Gasteiger partial charge >= 0.3 is 0 Å². The largest absolute Gasteiger partial charge is 0.545 e. The van der Waals surface area contributed by atoms with Crippen LogP contribution in [-0.2, 0) is 0 Å². The Kier molecular flexibility index (Phi) is 6.59. The molecule has 0 aromatic heterocycles. The summed E-state index contributed by atoms with van der Waals surface area (Å²) in [5.74, 6) is -1.27. The number of halogens is 1. The molecule has 8 heteroatoms. The second-order valence-electron chi connectivity index (χ2n) is 6.29. The number of carbonyl (C=O) groups is 1. The summed E-state index contributed by atoms with van der Waals surface area (Å²) >= 11 is 7.86. The summed E-state index contributed by atoms with van der Waals surface area (Å²) in [6.45, 7) is 4.89. The summed E-state index contributed by atoms with van der Waals surface area (Å²) < 4.78 is 0. The van der Waals surface area contributed by atoms with E-state index in [1.54, 1.807) is 11.8 Å². The van der Waals surface area contributed by atoms with Crippen LogP contribution < -0.4 is 15.8 Å². The highest BCUT2D eigenvalue weighted by atomic mass is 35.5. The standard InChI is InChI=1S/C20H21ClN4O2S/c1-3-16-11-22-20(28-16)23-15-7-4-13(5-8-15)12(2)24-25-18-10-14(19(26)27)6-9-17(18)21/h4-10,16,25H,3,11H2,1-2H3,(H,22,23)(H,26,27)/p-1/b24-12-/t16-/m1/s1. The summed E-state index contributed by atoms with van der Waals surface area (Å²) in [5.41, 5.74) is 5.89. The molecule has 3 rings (SSSR count). The normalized spacial score (nSPS) is 16.6. The van der Waals surface area contributed by atoms with Gasteiger partial charge in [-0.2, -0.15) is 5.10 Å². The van der Waals surface area contributed by atoms with E-state index in [4.69, 9.17) is 11.6 Å². The van der Waals surface area contributed by atoms with Crippen LogP contribution in [-0.4, -0.2) is 28.6 Å². The Morgan fingerprint density at radius 2 is 2.00 bits per heavy atom. The molecule has 0 bridgehead atoms. The molecule has 2 aromatic rings. The topological polar surface area (TPSA) is 88.9 Å². The van der Waals surface area contributed by atoms with E-state index >= 15 is 0 Å². The average Bonchev–Trinajstić information content (AvgIpc) is 3.15. The molecule has 2 N–H and O–H groups in total. The smallest absolute Gasteiger partial charge is 0.161 e. The second-order valence-corrected chi connectivity index (χ2v) is 7.98. The van der Waals surface area contributed by atoms with Crippen LogP contribution in [0.2, 0.25) is 5.02 Å². The SMILES string of the molecule is CC[C@@H]1CN=C(Nc2ccc(/C(C)=N\Nc3cc(C(=O)[O-])ccc3Cl)cc2)S1. The van der Waals surface area contributed by atoms with Crippen molar-refractivity contribution in [3.63, 3.8) is 0 Å². The summed E-state index contributed by atoms with van der Waals surface area (Å²) in [6, 6.07) is 12.1. The van der Waals surface area contributed by atoms with Gasteiger partial charge < -0.3 is 15.2 Å². The number of nitrogens with one attached hydrogen (secondary N) is 2. The van der Waals surface area contributed by atoms with Gasteiger partial charge in [-0.3, -0.25) is 10.4 Å². The minimum atomic E-state index is -1.27. The van der Waals surface area contributed by atoms with Gasteiger partial charge in [-0.1, -0.05) is 48.5 Å². The predicted molar refractivity (Wildman–Crippen MR) is 116 cm³/mol. The Morgan fingerprint density at radius 1 is 1.29 bits per heavy atom. The van der Waals surface area contributed by atoms with Crippen molar-refractivity contribution in [2.45, 2.75) is 25.5 Å². The van der Waals surface area contributed by atoms with Crippen LogP contribution in [0.1, 0.15) is 36.2 Å². The van der Waals surface area contributed by atoms with E-state index in [1.807, 2.05) is 31.2 Å². The minimum absolute atomic E-state index is 0.0354. The summed E-state index contributed by atoms with van der Waals surface area (Å²) in [5, 5.41) is 20.5. The molecule has 28 heavy (non-hydrogen) atoms. The lowest BCUT2D eigenvalue weighted by molar-refractivity contribution is -0.255. The Balaban J connectivity index is 1.65. The summed E-state index contributed by atoms with van der Waals surface area (Å²) in [7, 11) is 0. The molecule has 1 aliphatic heterocycles. The third kappa shape index (κ3) is 5.05. The third-order valence-corrected chi connectivity index (χ3v) is 5.87. The highest BCUT2D eigenvalue weighted by Crippen LogP contribution is 2.25. The number of hydrogen-bond donors (Lipinski definition) is 2. The minimum Gasteiger partial charge on any atom is -0.545 e. The highest BCUT2D eigenvalue weighted by Gasteiger charge is 2.17. The van der Waals surface area contributed by atoms with Crippen molar-refractivity contribution in [1.82, 2.24) is 0 Å². The van der Waals surface area contributed by atoms with Crippen molar-refractivity contribution in [3.05, 3.63) is 58.6 Å². The quantitative estimate of drug-likeness (QED) is 0.552. The third-order valence-electron chi connectivity index (χ3n) is 4.27. The lowest BCUT2D eigenvalue weighted by atomic mass is 10.1. The number of carboxylic acid groups (broad SMARTS) is 1. The van der Waals surface area contributed by atoms with E-state index < -0.39 is 5.97 Å². The fraction of sp³-hybridized carbons (Fsp3) is 0.250. The molecular weight excluding hydrogens is 396 g/mol. The number of hydrogen-bond acceptors (Lipinski definition) is 7. The number of thioether (sulfide) groups is 1. The maximum Gasteiger partial charge on any atom is 0.161 e. The van der Waals surface area contributed by atoms with Gasteiger partial charge in [-0.05, 0) is 48.7 Å². The van der Waals surface area contributed by atoms with Crippen molar-refractivity contribution in [3.8, 4) is 0 Å². The van der Waals surface area contributed by atoms with Gasteiger partial charge in [0, 0.05) is 10.9 Å². The van der Waals surface area contributed by atoms with Gasteiger partial charge in [0.05, 0.1) is 28.9 Å². The molecular formula is C20H20ClN4O2S-.